The summed E-state index contributed by atoms with van der Waals surface area (Å²) in [6.45, 7) is 1.36. The first-order chi connectivity index (χ1) is 16.7. The summed E-state index contributed by atoms with van der Waals surface area (Å²) in [5.74, 6) is -3.06. The van der Waals surface area contributed by atoms with Gasteiger partial charge in [-0.05, 0) is 67.1 Å². The van der Waals surface area contributed by atoms with E-state index in [2.05, 4.69) is 21.2 Å². The number of benzene rings is 2. The van der Waals surface area contributed by atoms with Crippen LogP contribution in [0, 0.1) is 30.6 Å². The van der Waals surface area contributed by atoms with E-state index in [0.717, 1.165) is 14.9 Å². The first kappa shape index (κ1) is 24.3. The number of esters is 1. The molecule has 7 nitrogen and oxygen atoms in total. The molecule has 6 atom stereocenters. The van der Waals surface area contributed by atoms with Crippen LogP contribution in [0.5, 0.6) is 0 Å². The third kappa shape index (κ3) is 4.15. The van der Waals surface area contributed by atoms with Crippen molar-refractivity contribution in [3.05, 3.63) is 58.1 Å². The van der Waals surface area contributed by atoms with Gasteiger partial charge >= 0.3 is 5.97 Å². The third-order valence-corrected chi connectivity index (χ3v) is 8.94. The van der Waals surface area contributed by atoms with E-state index >= 15 is 0 Å². The smallest absolute Gasteiger partial charge is 0.338 e. The third-order valence-electron chi connectivity index (χ3n) is 7.12. The second-order valence-corrected chi connectivity index (χ2v) is 11.1. The summed E-state index contributed by atoms with van der Waals surface area (Å²) in [7, 11) is 0. The Hall–Kier alpha value is -2.42. The fourth-order valence-electron chi connectivity index (χ4n) is 5.54. The number of aryl methyl sites for hydroxylation is 1. The molecular weight excluding hydrogens is 559 g/mol. The normalized spacial score (nSPS) is 28.9. The lowest BCUT2D eigenvalue weighted by Gasteiger charge is -2.28. The van der Waals surface area contributed by atoms with E-state index < -0.39 is 30.3 Å². The summed E-state index contributed by atoms with van der Waals surface area (Å²) in [5, 5.41) is 2.02. The van der Waals surface area contributed by atoms with Gasteiger partial charge in [0.25, 0.3) is 5.91 Å². The van der Waals surface area contributed by atoms with Crippen LogP contribution in [0.15, 0.2) is 46.9 Å². The Labute approximate surface area is 220 Å². The van der Waals surface area contributed by atoms with Crippen LogP contribution in [-0.4, -0.2) is 41.1 Å². The van der Waals surface area contributed by atoms with Crippen molar-refractivity contribution in [1.29, 1.82) is 0 Å². The highest BCUT2D eigenvalue weighted by molar-refractivity contribution is 9.10. The molecule has 3 amide bonds. The molecule has 2 bridgehead atoms. The molecule has 0 unspecified atom stereocenters. The molecule has 2 aromatic carbocycles. The Balaban J connectivity index is 1.26. The van der Waals surface area contributed by atoms with Crippen LogP contribution in [0.1, 0.15) is 22.3 Å². The van der Waals surface area contributed by atoms with Gasteiger partial charge in [-0.25, -0.2) is 4.79 Å². The molecule has 1 N–H and O–H groups in total. The minimum Gasteiger partial charge on any atom is -0.452 e. The van der Waals surface area contributed by atoms with Crippen LogP contribution in [0.3, 0.4) is 0 Å². The molecule has 1 saturated heterocycles. The zero-order valence-corrected chi connectivity index (χ0v) is 21.6. The monoisotopic (exact) mass is 578 g/mol. The van der Waals surface area contributed by atoms with Crippen LogP contribution in [-0.2, 0) is 19.1 Å². The maximum absolute atomic E-state index is 13.2. The van der Waals surface area contributed by atoms with Gasteiger partial charge < -0.3 is 10.1 Å². The highest BCUT2D eigenvalue weighted by Crippen LogP contribution is 2.59. The molecule has 2 aromatic rings. The van der Waals surface area contributed by atoms with Gasteiger partial charge in [-0.15, -0.1) is 23.2 Å². The van der Waals surface area contributed by atoms with E-state index in [4.69, 9.17) is 27.9 Å². The maximum atomic E-state index is 13.2. The van der Waals surface area contributed by atoms with Crippen LogP contribution in [0.25, 0.3) is 0 Å². The number of carbonyl (C=O) groups excluding carboxylic acids is 4. The van der Waals surface area contributed by atoms with Gasteiger partial charge in [0, 0.05) is 10.2 Å². The average Bonchev–Trinajstić information content (AvgIpc) is 3.44. The molecule has 5 rings (SSSR count). The highest BCUT2D eigenvalue weighted by Gasteiger charge is 2.66. The number of rotatable bonds is 5. The Morgan fingerprint density at radius 3 is 2.34 bits per heavy atom. The average molecular weight is 580 g/mol. The fourth-order valence-corrected chi connectivity index (χ4v) is 6.91. The minimum atomic E-state index is -0.740. The molecule has 10 heteroatoms. The number of imide groups is 1. The number of ether oxygens (including phenoxy) is 1. The van der Waals surface area contributed by atoms with E-state index in [9.17, 15) is 19.2 Å². The van der Waals surface area contributed by atoms with Crippen molar-refractivity contribution < 1.29 is 23.9 Å². The number of nitrogens with zero attached hydrogens (tertiary/aromatic N) is 1. The Bertz CT molecular complexity index is 1220. The summed E-state index contributed by atoms with van der Waals surface area (Å²) >= 11 is 16.2. The number of anilines is 2. The standard InChI is InChI=1S/C25H21BrCl2N2O5/c1-11-7-13(26)5-6-17(11)29-18(31)10-35-25(34)12-3-2-4-14(8-12)30-23(32)19-15-9-16(20(19)24(30)33)22(28)21(15)27/h2-8,15-16,19-22H,9-10H2,1H3,(H,29,31)/t15-,16-,19-,20+,21-,22+/m1/s1. The summed E-state index contributed by atoms with van der Waals surface area (Å²) in [6, 6.07) is 11.5. The molecule has 2 saturated carbocycles. The van der Waals surface area contributed by atoms with Crippen molar-refractivity contribution in [3.8, 4) is 0 Å². The van der Waals surface area contributed by atoms with Crippen molar-refractivity contribution in [2.24, 2.45) is 23.7 Å². The number of amides is 3. The van der Waals surface area contributed by atoms with E-state index in [1.807, 2.05) is 13.0 Å². The van der Waals surface area contributed by atoms with Crippen molar-refractivity contribution in [1.82, 2.24) is 0 Å². The van der Waals surface area contributed by atoms with Crippen molar-refractivity contribution in [2.45, 2.75) is 24.1 Å². The zero-order valence-electron chi connectivity index (χ0n) is 18.5. The highest BCUT2D eigenvalue weighted by atomic mass is 79.9. The van der Waals surface area contributed by atoms with Gasteiger partial charge in [0.15, 0.2) is 6.61 Å². The predicted octanol–water partition coefficient (Wildman–Crippen LogP) is 4.52. The number of carbonyl (C=O) groups is 4. The van der Waals surface area contributed by atoms with E-state index in [0.29, 0.717) is 12.1 Å². The minimum absolute atomic E-state index is 0.126. The summed E-state index contributed by atoms with van der Waals surface area (Å²) < 4.78 is 6.05. The summed E-state index contributed by atoms with van der Waals surface area (Å²) in [6.07, 6.45) is 0.678. The van der Waals surface area contributed by atoms with Crippen molar-refractivity contribution in [3.63, 3.8) is 0 Å². The van der Waals surface area contributed by atoms with Crippen molar-refractivity contribution >= 4 is 74.2 Å². The van der Waals surface area contributed by atoms with Crippen LogP contribution in [0.2, 0.25) is 0 Å². The zero-order chi connectivity index (χ0) is 25.0. The van der Waals surface area contributed by atoms with Crippen LogP contribution >= 0.6 is 39.1 Å². The van der Waals surface area contributed by atoms with Crippen LogP contribution in [0.4, 0.5) is 11.4 Å². The number of hydrogen-bond donors (Lipinski definition) is 1. The van der Waals surface area contributed by atoms with Gasteiger partial charge in [0.1, 0.15) is 0 Å². The number of halogens is 3. The van der Waals surface area contributed by atoms with Gasteiger partial charge in [-0.3, -0.25) is 19.3 Å². The van der Waals surface area contributed by atoms with E-state index in [1.54, 1.807) is 24.3 Å². The molecule has 3 aliphatic rings. The lowest BCUT2D eigenvalue weighted by Crippen LogP contribution is -2.37. The lowest BCUT2D eigenvalue weighted by molar-refractivity contribution is -0.123. The lowest BCUT2D eigenvalue weighted by atomic mass is 9.80. The molecule has 182 valence electrons. The first-order valence-corrected chi connectivity index (χ1v) is 12.8. The number of alkyl halides is 2. The van der Waals surface area contributed by atoms with Crippen LogP contribution < -0.4 is 10.2 Å². The topological polar surface area (TPSA) is 92.8 Å². The van der Waals surface area contributed by atoms with E-state index in [-0.39, 0.29) is 45.7 Å². The van der Waals surface area contributed by atoms with Gasteiger partial charge in [0.2, 0.25) is 11.8 Å². The Morgan fingerprint density at radius 1 is 1.06 bits per heavy atom. The van der Waals surface area contributed by atoms with Gasteiger partial charge in [-0.2, -0.15) is 0 Å². The molecule has 0 aromatic heterocycles. The Morgan fingerprint density at radius 2 is 1.71 bits per heavy atom. The molecule has 1 aliphatic heterocycles. The molecule has 3 fully saturated rings. The summed E-state index contributed by atoms with van der Waals surface area (Å²) in [4.78, 5) is 52.4. The molecule has 0 radical (unpaired) electrons. The quantitative estimate of drug-likeness (QED) is 0.319. The maximum Gasteiger partial charge on any atom is 0.338 e. The molecule has 2 aliphatic carbocycles. The molecular formula is C25H21BrCl2N2O5. The van der Waals surface area contributed by atoms with Gasteiger partial charge in [0.05, 0.1) is 33.8 Å². The fraction of sp³-hybridized carbons (Fsp3) is 0.360. The van der Waals surface area contributed by atoms with Crippen molar-refractivity contribution in [2.75, 3.05) is 16.8 Å². The number of hydrogen-bond acceptors (Lipinski definition) is 5. The second kappa shape index (κ2) is 9.22. The SMILES string of the molecule is Cc1cc(Br)ccc1NC(=O)COC(=O)c1cccc(N2C(=O)[C@@H]3[C@H]4C[C@@H]([C@H](Cl)[C@@H]4Cl)[C@@H]3C2=O)c1. The largest absolute Gasteiger partial charge is 0.452 e. The van der Waals surface area contributed by atoms with E-state index in [1.165, 1.54) is 12.1 Å². The second-order valence-electron chi connectivity index (χ2n) is 9.15. The Kier molecular flexibility index (Phi) is 6.40. The number of nitrogens with one attached hydrogen (secondary N) is 1. The first-order valence-electron chi connectivity index (χ1n) is 11.2. The number of fused-ring (bicyclic) bond motifs is 5. The molecule has 35 heavy (non-hydrogen) atoms. The van der Waals surface area contributed by atoms with Gasteiger partial charge in [-0.1, -0.05) is 22.0 Å². The predicted molar refractivity (Wildman–Crippen MR) is 135 cm³/mol. The molecule has 0 spiro atoms. The molecule has 1 heterocycles. The summed E-state index contributed by atoms with van der Waals surface area (Å²) in [5.41, 5.74) is 1.88.